The fraction of sp³-hybridized carbons (Fsp3) is 0.261. The Morgan fingerprint density at radius 3 is 2.13 bits per heavy atom. The Kier molecular flexibility index (Phi) is 6.21. The first-order valence-electron chi connectivity index (χ1n) is 10.1. The van der Waals surface area contributed by atoms with Crippen molar-refractivity contribution in [3.63, 3.8) is 0 Å². The van der Waals surface area contributed by atoms with Gasteiger partial charge in [-0.15, -0.1) is 11.3 Å². The molecule has 1 aliphatic rings. The van der Waals surface area contributed by atoms with Crippen molar-refractivity contribution in [1.82, 2.24) is 4.90 Å². The number of likely N-dealkylation sites (tertiary alicyclic amines) is 1. The summed E-state index contributed by atoms with van der Waals surface area (Å²) in [6.45, 7) is 3.52. The highest BCUT2D eigenvalue weighted by Gasteiger charge is 2.27. The van der Waals surface area contributed by atoms with Crippen molar-refractivity contribution in [3.05, 3.63) is 64.0 Å². The van der Waals surface area contributed by atoms with E-state index in [9.17, 15) is 13.2 Å². The minimum Gasteiger partial charge on any atom is -0.338 e. The number of sulfonamides is 1. The van der Waals surface area contributed by atoms with Gasteiger partial charge in [0, 0.05) is 28.6 Å². The third kappa shape index (κ3) is 4.55. The molecule has 1 fully saturated rings. The molecule has 31 heavy (non-hydrogen) atoms. The lowest BCUT2D eigenvalue weighted by Gasteiger charge is -2.26. The summed E-state index contributed by atoms with van der Waals surface area (Å²) in [5, 5.41) is 5.90. The van der Waals surface area contributed by atoms with Crippen LogP contribution in [0.4, 0.5) is 0 Å². The van der Waals surface area contributed by atoms with Gasteiger partial charge in [-0.2, -0.15) is 0 Å². The van der Waals surface area contributed by atoms with Gasteiger partial charge in [0.1, 0.15) is 4.88 Å². The van der Waals surface area contributed by atoms with Crippen LogP contribution in [0.3, 0.4) is 0 Å². The number of thiophene rings is 1. The van der Waals surface area contributed by atoms with Gasteiger partial charge in [0.25, 0.3) is 5.91 Å². The van der Waals surface area contributed by atoms with E-state index in [2.05, 4.69) is 0 Å². The highest BCUT2D eigenvalue weighted by Crippen LogP contribution is 2.43. The van der Waals surface area contributed by atoms with E-state index < -0.39 is 10.0 Å². The Morgan fingerprint density at radius 2 is 1.55 bits per heavy atom. The molecule has 5 nitrogen and oxygen atoms in total. The molecule has 4 rings (SSSR count). The molecule has 0 atom stereocenters. The number of halogens is 1. The van der Waals surface area contributed by atoms with Crippen molar-refractivity contribution in [1.29, 1.82) is 0 Å². The number of piperidine rings is 1. The Hall–Kier alpha value is -2.19. The molecule has 8 heteroatoms. The van der Waals surface area contributed by atoms with Gasteiger partial charge >= 0.3 is 0 Å². The largest absolute Gasteiger partial charge is 0.338 e. The van der Waals surface area contributed by atoms with Crippen LogP contribution >= 0.6 is 22.9 Å². The molecule has 3 aromatic rings. The molecule has 0 radical (unpaired) electrons. The molecule has 0 spiro atoms. The van der Waals surface area contributed by atoms with Crippen molar-refractivity contribution in [2.24, 2.45) is 5.14 Å². The zero-order chi connectivity index (χ0) is 22.2. The van der Waals surface area contributed by atoms with Gasteiger partial charge in [0.15, 0.2) is 0 Å². The van der Waals surface area contributed by atoms with Crippen LogP contribution in [0.15, 0.2) is 53.4 Å². The van der Waals surface area contributed by atoms with Crippen LogP contribution in [0, 0.1) is 6.92 Å². The molecule has 2 heterocycles. The molecule has 1 aromatic heterocycles. The van der Waals surface area contributed by atoms with Gasteiger partial charge in [-0.1, -0.05) is 35.9 Å². The zero-order valence-corrected chi connectivity index (χ0v) is 19.5. The average Bonchev–Trinajstić information content (AvgIpc) is 3.11. The standard InChI is InChI=1S/C23H23ClN2O3S2/c1-15-20(16-7-11-19(12-8-16)31(25,28)29)22(23(27)26-13-3-2-4-14-26)30-21(15)17-5-9-18(24)10-6-17/h5-12H,2-4,13-14H2,1H3,(H2,25,28,29). The monoisotopic (exact) mass is 474 g/mol. The predicted octanol–water partition coefficient (Wildman–Crippen LogP) is 5.32. The van der Waals surface area contributed by atoms with Crippen molar-refractivity contribution in [2.45, 2.75) is 31.1 Å². The van der Waals surface area contributed by atoms with Gasteiger partial charge < -0.3 is 4.90 Å². The van der Waals surface area contributed by atoms with Crippen LogP contribution in [0.5, 0.6) is 0 Å². The van der Waals surface area contributed by atoms with Gasteiger partial charge in [-0.25, -0.2) is 13.6 Å². The van der Waals surface area contributed by atoms with Crippen LogP contribution in [-0.4, -0.2) is 32.3 Å². The van der Waals surface area contributed by atoms with Crippen LogP contribution in [0.25, 0.3) is 21.6 Å². The first kappa shape index (κ1) is 22.0. The summed E-state index contributed by atoms with van der Waals surface area (Å²) in [5.41, 5.74) is 3.61. The molecule has 1 amide bonds. The molecule has 2 aromatic carbocycles. The van der Waals surface area contributed by atoms with Crippen LogP contribution in [-0.2, 0) is 10.0 Å². The lowest BCUT2D eigenvalue weighted by atomic mass is 9.98. The molecule has 1 aliphatic heterocycles. The second-order valence-electron chi connectivity index (χ2n) is 7.69. The van der Waals surface area contributed by atoms with E-state index in [1.54, 1.807) is 12.1 Å². The number of nitrogens with two attached hydrogens (primary N) is 1. The Morgan fingerprint density at radius 1 is 0.968 bits per heavy atom. The topological polar surface area (TPSA) is 80.5 Å². The molecule has 2 N–H and O–H groups in total. The number of hydrogen-bond acceptors (Lipinski definition) is 4. The molecule has 0 aliphatic carbocycles. The van der Waals surface area contributed by atoms with Crippen molar-refractivity contribution < 1.29 is 13.2 Å². The van der Waals surface area contributed by atoms with Crippen LogP contribution in [0.1, 0.15) is 34.5 Å². The predicted molar refractivity (Wildman–Crippen MR) is 126 cm³/mol. The van der Waals surface area contributed by atoms with E-state index in [-0.39, 0.29) is 10.8 Å². The number of carbonyl (C=O) groups is 1. The first-order valence-corrected chi connectivity index (χ1v) is 12.8. The van der Waals surface area contributed by atoms with Gasteiger partial charge in [0.2, 0.25) is 10.0 Å². The third-order valence-corrected chi connectivity index (χ3v) is 8.07. The first-order chi connectivity index (χ1) is 14.8. The number of carbonyl (C=O) groups excluding carboxylic acids is 1. The highest BCUT2D eigenvalue weighted by atomic mass is 35.5. The minimum absolute atomic E-state index is 0.0264. The molecular formula is C23H23ClN2O3S2. The quantitative estimate of drug-likeness (QED) is 0.555. The molecule has 1 saturated heterocycles. The number of amides is 1. The van der Waals surface area contributed by atoms with Gasteiger partial charge in [-0.3, -0.25) is 4.79 Å². The maximum Gasteiger partial charge on any atom is 0.264 e. The maximum absolute atomic E-state index is 13.5. The Labute approximate surface area is 191 Å². The second-order valence-corrected chi connectivity index (χ2v) is 10.7. The summed E-state index contributed by atoms with van der Waals surface area (Å²) in [5.74, 6) is 0.0264. The van der Waals surface area contributed by atoms with Gasteiger partial charge in [-0.05, 0) is 67.1 Å². The average molecular weight is 475 g/mol. The maximum atomic E-state index is 13.5. The summed E-state index contributed by atoms with van der Waals surface area (Å²) < 4.78 is 23.3. The summed E-state index contributed by atoms with van der Waals surface area (Å²) in [7, 11) is -3.78. The summed E-state index contributed by atoms with van der Waals surface area (Å²) in [6.07, 6.45) is 3.17. The van der Waals surface area contributed by atoms with Crippen molar-refractivity contribution >= 4 is 38.9 Å². The SMILES string of the molecule is Cc1c(-c2ccc(Cl)cc2)sc(C(=O)N2CCCCC2)c1-c1ccc(S(N)(=O)=O)cc1. The smallest absolute Gasteiger partial charge is 0.264 e. The number of nitrogens with zero attached hydrogens (tertiary/aromatic N) is 1. The van der Waals surface area contributed by atoms with Crippen LogP contribution < -0.4 is 5.14 Å². The fourth-order valence-electron chi connectivity index (χ4n) is 3.94. The molecule has 162 valence electrons. The van der Waals surface area contributed by atoms with Crippen molar-refractivity contribution in [3.8, 4) is 21.6 Å². The molecule has 0 unspecified atom stereocenters. The summed E-state index contributed by atoms with van der Waals surface area (Å²) in [4.78, 5) is 17.1. The van der Waals surface area contributed by atoms with E-state index in [0.717, 1.165) is 59.5 Å². The van der Waals surface area contributed by atoms with E-state index in [0.29, 0.717) is 9.90 Å². The fourth-order valence-corrected chi connectivity index (χ4v) is 5.88. The van der Waals surface area contributed by atoms with Crippen molar-refractivity contribution in [2.75, 3.05) is 13.1 Å². The highest BCUT2D eigenvalue weighted by molar-refractivity contribution is 7.89. The Balaban J connectivity index is 1.85. The zero-order valence-electron chi connectivity index (χ0n) is 17.1. The summed E-state index contributed by atoms with van der Waals surface area (Å²) >= 11 is 7.53. The van der Waals surface area contributed by atoms with E-state index in [1.807, 2.05) is 36.1 Å². The van der Waals surface area contributed by atoms with Crippen LogP contribution in [0.2, 0.25) is 5.02 Å². The molecule has 0 saturated carbocycles. The number of rotatable bonds is 4. The van der Waals surface area contributed by atoms with E-state index in [1.165, 1.54) is 23.5 Å². The van der Waals surface area contributed by atoms with E-state index in [4.69, 9.17) is 16.7 Å². The Bertz CT molecular complexity index is 1210. The lowest BCUT2D eigenvalue weighted by Crippen LogP contribution is -2.35. The number of primary sulfonamides is 1. The lowest BCUT2D eigenvalue weighted by molar-refractivity contribution is 0.0730. The normalized spacial score (nSPS) is 14.6. The van der Waals surface area contributed by atoms with E-state index >= 15 is 0 Å². The number of hydrogen-bond donors (Lipinski definition) is 1. The summed E-state index contributed by atoms with van der Waals surface area (Å²) in [6, 6.07) is 14.0. The number of benzene rings is 2. The second kappa shape index (κ2) is 8.74. The molecular weight excluding hydrogens is 452 g/mol. The molecule has 0 bridgehead atoms. The third-order valence-electron chi connectivity index (χ3n) is 5.56. The minimum atomic E-state index is -3.78. The van der Waals surface area contributed by atoms with Gasteiger partial charge in [0.05, 0.1) is 4.90 Å².